The lowest BCUT2D eigenvalue weighted by atomic mass is 10.1. The van der Waals surface area contributed by atoms with E-state index in [1.54, 1.807) is 12.1 Å². The van der Waals surface area contributed by atoms with Crippen molar-refractivity contribution in [2.45, 2.75) is 18.9 Å². The first-order chi connectivity index (χ1) is 9.11. The van der Waals surface area contributed by atoms with Crippen molar-refractivity contribution in [3.05, 3.63) is 28.8 Å². The Bertz CT molecular complexity index is 499. The van der Waals surface area contributed by atoms with Crippen LogP contribution in [0.25, 0.3) is 0 Å². The first kappa shape index (κ1) is 13.8. The van der Waals surface area contributed by atoms with Gasteiger partial charge in [-0.3, -0.25) is 4.79 Å². The van der Waals surface area contributed by atoms with E-state index in [4.69, 9.17) is 11.6 Å². The summed E-state index contributed by atoms with van der Waals surface area (Å²) >= 11 is 5.91. The van der Waals surface area contributed by atoms with Crippen LogP contribution in [-0.4, -0.2) is 31.6 Å². The summed E-state index contributed by atoms with van der Waals surface area (Å²) in [5.74, 6) is -0.629. The minimum absolute atomic E-state index is 0.101. The van der Waals surface area contributed by atoms with Crippen LogP contribution in [0.4, 0.5) is 5.69 Å². The number of benzene rings is 1. The standard InChI is InChI=1S/C13H15ClN2O3/c1-19-13(18)9-7-8(4-5-10(9)14)16-12(17)11-3-2-6-15-11/h4-5,7,11,15H,2-3,6H2,1H3,(H,16,17)/t11-/m0/s1. The maximum absolute atomic E-state index is 11.9. The van der Waals surface area contributed by atoms with E-state index < -0.39 is 5.97 Å². The van der Waals surface area contributed by atoms with Gasteiger partial charge in [0.2, 0.25) is 5.91 Å². The number of methoxy groups -OCH3 is 1. The van der Waals surface area contributed by atoms with Crippen molar-refractivity contribution in [2.24, 2.45) is 0 Å². The number of amides is 1. The maximum Gasteiger partial charge on any atom is 0.339 e. The summed E-state index contributed by atoms with van der Waals surface area (Å²) in [6, 6.07) is 4.56. The molecule has 1 aliphatic rings. The molecule has 1 amide bonds. The van der Waals surface area contributed by atoms with Gasteiger partial charge in [0.1, 0.15) is 0 Å². The molecule has 0 radical (unpaired) electrons. The molecule has 1 atom stereocenters. The van der Waals surface area contributed by atoms with Gasteiger partial charge in [-0.2, -0.15) is 0 Å². The molecule has 2 rings (SSSR count). The normalized spacial score (nSPS) is 18.1. The average molecular weight is 283 g/mol. The predicted octanol–water partition coefficient (Wildman–Crippen LogP) is 1.82. The molecule has 1 saturated heterocycles. The Hall–Kier alpha value is -1.59. The molecule has 2 N–H and O–H groups in total. The van der Waals surface area contributed by atoms with E-state index in [2.05, 4.69) is 15.4 Å². The van der Waals surface area contributed by atoms with Crippen molar-refractivity contribution in [3.8, 4) is 0 Å². The van der Waals surface area contributed by atoms with E-state index in [1.807, 2.05) is 0 Å². The summed E-state index contributed by atoms with van der Waals surface area (Å²) in [7, 11) is 1.28. The highest BCUT2D eigenvalue weighted by Crippen LogP contribution is 2.21. The highest BCUT2D eigenvalue weighted by Gasteiger charge is 2.22. The highest BCUT2D eigenvalue weighted by molar-refractivity contribution is 6.33. The van der Waals surface area contributed by atoms with Crippen molar-refractivity contribution in [3.63, 3.8) is 0 Å². The van der Waals surface area contributed by atoms with Crippen molar-refractivity contribution in [1.29, 1.82) is 0 Å². The highest BCUT2D eigenvalue weighted by atomic mass is 35.5. The molecule has 1 aromatic carbocycles. The number of anilines is 1. The molecule has 1 heterocycles. The van der Waals surface area contributed by atoms with Crippen LogP contribution in [0.5, 0.6) is 0 Å². The van der Waals surface area contributed by atoms with Crippen LogP contribution in [0.15, 0.2) is 18.2 Å². The second-order valence-corrected chi connectivity index (χ2v) is 4.73. The number of halogens is 1. The lowest BCUT2D eigenvalue weighted by Crippen LogP contribution is -2.35. The predicted molar refractivity (Wildman–Crippen MR) is 72.4 cm³/mol. The third-order valence-electron chi connectivity index (χ3n) is 3.02. The van der Waals surface area contributed by atoms with E-state index >= 15 is 0 Å². The monoisotopic (exact) mass is 282 g/mol. The van der Waals surface area contributed by atoms with E-state index in [-0.39, 0.29) is 17.5 Å². The smallest absolute Gasteiger partial charge is 0.339 e. The van der Waals surface area contributed by atoms with Gasteiger partial charge in [-0.15, -0.1) is 0 Å². The van der Waals surface area contributed by atoms with Gasteiger partial charge in [-0.05, 0) is 37.6 Å². The topological polar surface area (TPSA) is 67.4 Å². The van der Waals surface area contributed by atoms with Gasteiger partial charge >= 0.3 is 5.97 Å². The van der Waals surface area contributed by atoms with Crippen LogP contribution in [0.3, 0.4) is 0 Å². The summed E-state index contributed by atoms with van der Waals surface area (Å²) in [5, 5.41) is 6.16. The number of rotatable bonds is 3. The Labute approximate surface area is 116 Å². The summed E-state index contributed by atoms with van der Waals surface area (Å²) in [4.78, 5) is 23.4. The number of nitrogens with one attached hydrogen (secondary N) is 2. The quantitative estimate of drug-likeness (QED) is 0.830. The van der Waals surface area contributed by atoms with E-state index in [1.165, 1.54) is 13.2 Å². The zero-order valence-electron chi connectivity index (χ0n) is 10.5. The summed E-state index contributed by atoms with van der Waals surface area (Å²) < 4.78 is 4.63. The minimum atomic E-state index is -0.528. The first-order valence-electron chi connectivity index (χ1n) is 6.04. The Morgan fingerprint density at radius 1 is 1.47 bits per heavy atom. The fraction of sp³-hybridized carbons (Fsp3) is 0.385. The fourth-order valence-electron chi connectivity index (χ4n) is 2.01. The number of carbonyl (C=O) groups excluding carboxylic acids is 2. The average Bonchev–Trinajstić information content (AvgIpc) is 2.94. The maximum atomic E-state index is 11.9. The SMILES string of the molecule is COC(=O)c1cc(NC(=O)[C@@H]2CCCN2)ccc1Cl. The molecule has 102 valence electrons. The number of hydrogen-bond donors (Lipinski definition) is 2. The molecule has 0 unspecified atom stereocenters. The summed E-state index contributed by atoms with van der Waals surface area (Å²) in [5.41, 5.74) is 0.768. The van der Waals surface area contributed by atoms with Gasteiger partial charge in [0.05, 0.1) is 23.7 Å². The van der Waals surface area contributed by atoms with Crippen LogP contribution in [-0.2, 0) is 9.53 Å². The number of esters is 1. The van der Waals surface area contributed by atoms with E-state index in [9.17, 15) is 9.59 Å². The molecule has 5 nitrogen and oxygen atoms in total. The summed E-state index contributed by atoms with van der Waals surface area (Å²) in [6.07, 6.45) is 1.81. The van der Waals surface area contributed by atoms with Crippen LogP contribution < -0.4 is 10.6 Å². The van der Waals surface area contributed by atoms with Crippen molar-refractivity contribution in [1.82, 2.24) is 5.32 Å². The molecule has 1 aliphatic heterocycles. The molecular weight excluding hydrogens is 268 g/mol. The van der Waals surface area contributed by atoms with E-state index in [0.717, 1.165) is 19.4 Å². The zero-order chi connectivity index (χ0) is 13.8. The largest absolute Gasteiger partial charge is 0.465 e. The van der Waals surface area contributed by atoms with Gasteiger partial charge in [0, 0.05) is 5.69 Å². The molecule has 19 heavy (non-hydrogen) atoms. The van der Waals surface area contributed by atoms with Crippen LogP contribution in [0, 0.1) is 0 Å². The van der Waals surface area contributed by atoms with Crippen LogP contribution >= 0.6 is 11.6 Å². The third-order valence-corrected chi connectivity index (χ3v) is 3.35. The Morgan fingerprint density at radius 3 is 2.89 bits per heavy atom. The lowest BCUT2D eigenvalue weighted by molar-refractivity contribution is -0.117. The molecule has 0 spiro atoms. The van der Waals surface area contributed by atoms with Crippen LogP contribution in [0.2, 0.25) is 5.02 Å². The van der Waals surface area contributed by atoms with Crippen LogP contribution in [0.1, 0.15) is 23.2 Å². The number of ether oxygens (including phenoxy) is 1. The zero-order valence-corrected chi connectivity index (χ0v) is 11.3. The molecule has 0 saturated carbocycles. The van der Waals surface area contributed by atoms with Gasteiger partial charge in [0.25, 0.3) is 0 Å². The molecule has 1 aromatic rings. The first-order valence-corrected chi connectivity index (χ1v) is 6.41. The van der Waals surface area contributed by atoms with Gasteiger partial charge in [-0.1, -0.05) is 11.6 Å². The second-order valence-electron chi connectivity index (χ2n) is 4.32. The molecule has 6 heteroatoms. The number of hydrogen-bond acceptors (Lipinski definition) is 4. The van der Waals surface area contributed by atoms with Gasteiger partial charge in [0.15, 0.2) is 0 Å². The third kappa shape index (κ3) is 3.24. The Kier molecular flexibility index (Phi) is 4.39. The molecule has 0 aliphatic carbocycles. The molecule has 1 fully saturated rings. The Balaban J connectivity index is 2.12. The molecule has 0 bridgehead atoms. The fourth-order valence-corrected chi connectivity index (χ4v) is 2.20. The van der Waals surface area contributed by atoms with Crippen molar-refractivity contribution >= 4 is 29.2 Å². The Morgan fingerprint density at radius 2 is 2.26 bits per heavy atom. The van der Waals surface area contributed by atoms with E-state index in [0.29, 0.717) is 10.7 Å². The van der Waals surface area contributed by atoms with Gasteiger partial charge < -0.3 is 15.4 Å². The number of carbonyl (C=O) groups is 2. The van der Waals surface area contributed by atoms with Gasteiger partial charge in [-0.25, -0.2) is 4.79 Å². The minimum Gasteiger partial charge on any atom is -0.465 e. The summed E-state index contributed by atoms with van der Waals surface area (Å²) in [6.45, 7) is 0.853. The molecule has 0 aromatic heterocycles. The van der Waals surface area contributed by atoms with Crippen molar-refractivity contribution < 1.29 is 14.3 Å². The van der Waals surface area contributed by atoms with Crippen molar-refractivity contribution in [2.75, 3.05) is 19.0 Å². The molecular formula is C13H15ClN2O3. The lowest BCUT2D eigenvalue weighted by Gasteiger charge is -2.12. The second kappa shape index (κ2) is 6.04.